The molecule has 0 unspecified atom stereocenters. The molecule has 0 amide bonds. The Morgan fingerprint density at radius 2 is 2.00 bits per heavy atom. The third kappa shape index (κ3) is 2.23. The lowest BCUT2D eigenvalue weighted by atomic mass is 10.1. The van der Waals surface area contributed by atoms with E-state index in [2.05, 4.69) is 36.3 Å². The molecule has 0 aliphatic carbocycles. The number of fused-ring (bicyclic) bond motifs is 1. The summed E-state index contributed by atoms with van der Waals surface area (Å²) in [5.74, 6) is 0. The minimum Gasteiger partial charge on any atom is -0.330 e. The Morgan fingerprint density at radius 3 is 2.65 bits per heavy atom. The number of imidazole rings is 1. The zero-order valence-corrected chi connectivity index (χ0v) is 12.6. The average molecular weight is 286 g/mol. The van der Waals surface area contributed by atoms with Crippen molar-refractivity contribution in [1.82, 2.24) is 14.6 Å². The Bertz CT molecular complexity index is 724. The Kier molecular flexibility index (Phi) is 3.54. The van der Waals surface area contributed by atoms with Crippen molar-refractivity contribution in [2.75, 3.05) is 6.54 Å². The topological polar surface area (TPSA) is 56.2 Å². The van der Waals surface area contributed by atoms with Gasteiger partial charge in [-0.05, 0) is 31.9 Å². The fourth-order valence-corrected chi connectivity index (χ4v) is 3.19. The van der Waals surface area contributed by atoms with Gasteiger partial charge in [0.1, 0.15) is 5.01 Å². The average Bonchev–Trinajstić information content (AvgIpc) is 2.95. The fraction of sp³-hybridized carbons (Fsp3) is 0.333. The van der Waals surface area contributed by atoms with E-state index in [4.69, 9.17) is 10.7 Å². The zero-order chi connectivity index (χ0) is 14.1. The molecular weight excluding hydrogens is 268 g/mol. The highest BCUT2D eigenvalue weighted by Crippen LogP contribution is 2.27. The van der Waals surface area contributed by atoms with Gasteiger partial charge in [-0.3, -0.25) is 0 Å². The van der Waals surface area contributed by atoms with E-state index in [9.17, 15) is 0 Å². The van der Waals surface area contributed by atoms with Crippen LogP contribution in [0.2, 0.25) is 0 Å². The molecule has 4 nitrogen and oxygen atoms in total. The molecule has 0 atom stereocenters. The number of hydrogen-bond donors (Lipinski definition) is 1. The summed E-state index contributed by atoms with van der Waals surface area (Å²) in [5, 5.41) is 5.58. The third-order valence-corrected chi connectivity index (χ3v) is 4.22. The lowest BCUT2D eigenvalue weighted by molar-refractivity contribution is 0.868. The zero-order valence-electron chi connectivity index (χ0n) is 11.8. The van der Waals surface area contributed by atoms with E-state index in [1.807, 2.05) is 11.4 Å². The highest BCUT2D eigenvalue weighted by atomic mass is 32.1. The largest absolute Gasteiger partial charge is 0.330 e. The molecule has 0 fully saturated rings. The SMILES string of the molecule is CCc1c(-c2ccc(CCN)cc2)nc2sc(C)nn12. The minimum atomic E-state index is 0.683. The molecule has 20 heavy (non-hydrogen) atoms. The van der Waals surface area contributed by atoms with Gasteiger partial charge in [0.05, 0.1) is 11.4 Å². The van der Waals surface area contributed by atoms with E-state index in [1.54, 1.807) is 11.3 Å². The summed E-state index contributed by atoms with van der Waals surface area (Å²) in [6.07, 6.45) is 1.84. The van der Waals surface area contributed by atoms with E-state index in [1.165, 1.54) is 11.3 Å². The van der Waals surface area contributed by atoms with Gasteiger partial charge in [0.15, 0.2) is 0 Å². The molecule has 3 aromatic rings. The molecule has 0 bridgehead atoms. The van der Waals surface area contributed by atoms with Gasteiger partial charge in [0, 0.05) is 5.56 Å². The third-order valence-electron chi connectivity index (χ3n) is 3.39. The molecule has 0 radical (unpaired) electrons. The first-order valence-electron chi connectivity index (χ1n) is 6.87. The summed E-state index contributed by atoms with van der Waals surface area (Å²) in [5.41, 5.74) is 10.2. The minimum absolute atomic E-state index is 0.683. The summed E-state index contributed by atoms with van der Waals surface area (Å²) in [6.45, 7) is 4.84. The Labute approximate surface area is 122 Å². The van der Waals surface area contributed by atoms with Crippen LogP contribution in [0.1, 0.15) is 23.2 Å². The van der Waals surface area contributed by atoms with E-state index in [0.717, 1.165) is 34.1 Å². The number of nitrogens with two attached hydrogens (primary N) is 1. The van der Waals surface area contributed by atoms with Crippen LogP contribution in [0.4, 0.5) is 0 Å². The number of hydrogen-bond acceptors (Lipinski definition) is 4. The highest BCUT2D eigenvalue weighted by Gasteiger charge is 2.15. The molecule has 2 N–H and O–H groups in total. The molecule has 104 valence electrons. The fourth-order valence-electron chi connectivity index (χ4n) is 2.43. The quantitative estimate of drug-likeness (QED) is 0.802. The molecule has 0 saturated heterocycles. The normalized spacial score (nSPS) is 11.3. The Hall–Kier alpha value is -1.72. The smallest absolute Gasteiger partial charge is 0.212 e. The van der Waals surface area contributed by atoms with E-state index >= 15 is 0 Å². The lowest BCUT2D eigenvalue weighted by Crippen LogP contribution is -2.02. The number of nitrogens with zero attached hydrogens (tertiary/aromatic N) is 3. The molecule has 5 heteroatoms. The Morgan fingerprint density at radius 1 is 1.25 bits per heavy atom. The van der Waals surface area contributed by atoms with Crippen molar-refractivity contribution in [3.8, 4) is 11.3 Å². The molecular formula is C15H18N4S. The number of rotatable bonds is 4. The maximum absolute atomic E-state index is 5.58. The number of benzene rings is 1. The van der Waals surface area contributed by atoms with Crippen LogP contribution < -0.4 is 5.73 Å². The maximum Gasteiger partial charge on any atom is 0.212 e. The number of aromatic nitrogens is 3. The van der Waals surface area contributed by atoms with Crippen molar-refractivity contribution in [1.29, 1.82) is 0 Å². The molecule has 3 rings (SSSR count). The summed E-state index contributed by atoms with van der Waals surface area (Å²) >= 11 is 1.63. The van der Waals surface area contributed by atoms with Crippen molar-refractivity contribution in [3.05, 3.63) is 40.5 Å². The molecule has 2 aromatic heterocycles. The van der Waals surface area contributed by atoms with E-state index in [-0.39, 0.29) is 0 Å². The van der Waals surface area contributed by atoms with Crippen molar-refractivity contribution < 1.29 is 0 Å². The summed E-state index contributed by atoms with van der Waals surface area (Å²) < 4.78 is 1.98. The highest BCUT2D eigenvalue weighted by molar-refractivity contribution is 7.16. The Balaban J connectivity index is 2.06. The van der Waals surface area contributed by atoms with Gasteiger partial charge in [-0.1, -0.05) is 42.5 Å². The van der Waals surface area contributed by atoms with Crippen LogP contribution in [0, 0.1) is 6.92 Å². The molecule has 0 aliphatic heterocycles. The van der Waals surface area contributed by atoms with Crippen molar-refractivity contribution in [2.24, 2.45) is 5.73 Å². The van der Waals surface area contributed by atoms with Crippen LogP contribution in [0.25, 0.3) is 16.2 Å². The van der Waals surface area contributed by atoms with Crippen molar-refractivity contribution in [3.63, 3.8) is 0 Å². The van der Waals surface area contributed by atoms with Gasteiger partial charge in [-0.25, -0.2) is 9.50 Å². The summed E-state index contributed by atoms with van der Waals surface area (Å²) in [6, 6.07) is 8.52. The second-order valence-corrected chi connectivity index (χ2v) is 5.97. The van der Waals surface area contributed by atoms with E-state index < -0.39 is 0 Å². The summed E-state index contributed by atoms with van der Waals surface area (Å²) in [7, 11) is 0. The molecule has 1 aromatic carbocycles. The van der Waals surface area contributed by atoms with Crippen molar-refractivity contribution in [2.45, 2.75) is 26.7 Å². The molecule has 0 saturated carbocycles. The van der Waals surface area contributed by atoms with Gasteiger partial charge in [0.2, 0.25) is 4.96 Å². The maximum atomic E-state index is 5.58. The first kappa shape index (κ1) is 13.3. The standard InChI is InChI=1S/C15H18N4S/c1-3-13-14(17-15-19(13)18-10(2)20-15)12-6-4-11(5-7-12)8-9-16/h4-7H,3,8-9,16H2,1-2H3. The van der Waals surface area contributed by atoms with Gasteiger partial charge in [-0.15, -0.1) is 0 Å². The van der Waals surface area contributed by atoms with Crippen LogP contribution in [-0.2, 0) is 12.8 Å². The molecule has 0 spiro atoms. The second kappa shape index (κ2) is 5.34. The first-order valence-corrected chi connectivity index (χ1v) is 7.69. The molecule has 0 aliphatic rings. The number of aryl methyl sites for hydroxylation is 2. The van der Waals surface area contributed by atoms with Crippen molar-refractivity contribution >= 4 is 16.3 Å². The van der Waals surface area contributed by atoms with Crippen LogP contribution in [0.5, 0.6) is 0 Å². The predicted molar refractivity (Wildman–Crippen MR) is 83.2 cm³/mol. The van der Waals surface area contributed by atoms with Gasteiger partial charge in [-0.2, -0.15) is 5.10 Å². The summed E-state index contributed by atoms with van der Waals surface area (Å²) in [4.78, 5) is 5.72. The van der Waals surface area contributed by atoms with Gasteiger partial charge < -0.3 is 5.73 Å². The molecule has 2 heterocycles. The van der Waals surface area contributed by atoms with Crippen LogP contribution in [-0.4, -0.2) is 21.1 Å². The predicted octanol–water partition coefficient (Wildman–Crippen LogP) is 2.83. The lowest BCUT2D eigenvalue weighted by Gasteiger charge is -2.03. The van der Waals surface area contributed by atoms with Crippen LogP contribution >= 0.6 is 11.3 Å². The first-order chi connectivity index (χ1) is 9.72. The van der Waals surface area contributed by atoms with Gasteiger partial charge in [0.25, 0.3) is 0 Å². The van der Waals surface area contributed by atoms with E-state index in [0.29, 0.717) is 6.54 Å². The van der Waals surface area contributed by atoms with Crippen LogP contribution in [0.3, 0.4) is 0 Å². The monoisotopic (exact) mass is 286 g/mol. The van der Waals surface area contributed by atoms with Gasteiger partial charge >= 0.3 is 0 Å². The second-order valence-electron chi connectivity index (χ2n) is 4.81. The van der Waals surface area contributed by atoms with Crippen LogP contribution in [0.15, 0.2) is 24.3 Å².